The summed E-state index contributed by atoms with van der Waals surface area (Å²) in [5.41, 5.74) is 18.0. The van der Waals surface area contributed by atoms with Crippen LogP contribution in [0.3, 0.4) is 0 Å². The second-order valence-corrected chi connectivity index (χ2v) is 15.7. The predicted molar refractivity (Wildman–Crippen MR) is 199 cm³/mol. The van der Waals surface area contributed by atoms with Gasteiger partial charge in [0.05, 0.1) is 26.5 Å². The molecule has 5 nitrogen and oxygen atoms in total. The van der Waals surface area contributed by atoms with E-state index in [0.717, 1.165) is 49.7 Å². The third-order valence-electron chi connectivity index (χ3n) is 10.8. The molecule has 0 fully saturated rings. The molecule has 236 valence electrons. The van der Waals surface area contributed by atoms with Crippen molar-refractivity contribution in [1.82, 2.24) is 9.55 Å². The molecule has 49 heavy (non-hydrogen) atoms. The smallest absolute Gasteiger partial charge is 0.210 e. The van der Waals surface area contributed by atoms with E-state index < -0.39 is 9.84 Å². The fourth-order valence-corrected chi connectivity index (χ4v) is 10.2. The zero-order valence-corrected chi connectivity index (χ0v) is 28.1. The first-order chi connectivity index (χ1) is 23.6. The van der Waals surface area contributed by atoms with Gasteiger partial charge in [0, 0.05) is 11.1 Å². The Morgan fingerprint density at radius 2 is 1.20 bits per heavy atom. The van der Waals surface area contributed by atoms with Crippen LogP contribution in [0.5, 0.6) is 0 Å². The van der Waals surface area contributed by atoms with Crippen LogP contribution in [0.2, 0.25) is 0 Å². The Morgan fingerprint density at radius 3 is 1.86 bits per heavy atom. The van der Waals surface area contributed by atoms with Crippen molar-refractivity contribution in [1.29, 1.82) is 0 Å². The van der Waals surface area contributed by atoms with E-state index in [9.17, 15) is 8.42 Å². The van der Waals surface area contributed by atoms with Gasteiger partial charge >= 0.3 is 0 Å². The molecule has 8 aromatic rings. The average Bonchev–Trinajstić information content (AvgIpc) is 3.55. The molecule has 1 aliphatic carbocycles. The number of aryl methyl sites for hydroxylation is 1. The molecule has 10 rings (SSSR count). The highest BCUT2D eigenvalue weighted by Crippen LogP contribution is 2.52. The normalized spacial score (nSPS) is 15.0. The topological polar surface area (TPSA) is 78.0 Å². The minimum Gasteiger partial charge on any atom is -0.399 e. The van der Waals surface area contributed by atoms with Crippen molar-refractivity contribution < 1.29 is 8.42 Å². The molecule has 0 radical (unpaired) electrons. The van der Waals surface area contributed by atoms with Crippen LogP contribution in [0.1, 0.15) is 30.8 Å². The van der Waals surface area contributed by atoms with Crippen LogP contribution in [0.4, 0.5) is 5.69 Å². The van der Waals surface area contributed by atoms with Gasteiger partial charge < -0.3 is 5.73 Å². The van der Waals surface area contributed by atoms with Crippen molar-refractivity contribution in [3.63, 3.8) is 0 Å². The molecule has 2 N–H and O–H groups in total. The number of anilines is 1. The van der Waals surface area contributed by atoms with Crippen LogP contribution < -0.4 is 5.73 Å². The van der Waals surface area contributed by atoms with Crippen LogP contribution in [-0.2, 0) is 15.3 Å². The predicted octanol–water partition coefficient (Wildman–Crippen LogP) is 10.0. The van der Waals surface area contributed by atoms with Crippen molar-refractivity contribution >= 4 is 48.1 Å². The highest BCUT2D eigenvalue weighted by atomic mass is 32.2. The summed E-state index contributed by atoms with van der Waals surface area (Å²) in [6.45, 7) is 6.48. The van der Waals surface area contributed by atoms with Crippen LogP contribution in [0.25, 0.3) is 71.6 Å². The quantitative estimate of drug-likeness (QED) is 0.149. The molecule has 6 heteroatoms. The van der Waals surface area contributed by atoms with Gasteiger partial charge in [-0.1, -0.05) is 92.7 Å². The number of benzene rings is 7. The van der Waals surface area contributed by atoms with Gasteiger partial charge in [0.1, 0.15) is 5.82 Å². The number of hydrogen-bond donors (Lipinski definition) is 1. The van der Waals surface area contributed by atoms with E-state index in [2.05, 4.69) is 104 Å². The fraction of sp³-hybridized carbons (Fsp3) is 0.0930. The monoisotopic (exact) mass is 653 g/mol. The number of nitrogens with zero attached hydrogens (tertiary/aromatic N) is 2. The average molecular weight is 654 g/mol. The Balaban J connectivity index is 1.23. The van der Waals surface area contributed by atoms with Crippen LogP contribution in [0, 0.1) is 6.92 Å². The lowest BCUT2D eigenvalue weighted by molar-refractivity contribution is 0.594. The van der Waals surface area contributed by atoms with Crippen molar-refractivity contribution in [3.05, 3.63) is 138 Å². The van der Waals surface area contributed by atoms with E-state index in [1.807, 2.05) is 35.8 Å². The third-order valence-corrected chi connectivity index (χ3v) is 12.6. The van der Waals surface area contributed by atoms with Gasteiger partial charge in [-0.05, 0) is 115 Å². The molecule has 0 saturated heterocycles. The van der Waals surface area contributed by atoms with E-state index in [4.69, 9.17) is 5.73 Å². The van der Waals surface area contributed by atoms with Crippen molar-refractivity contribution in [3.8, 4) is 39.1 Å². The molecule has 1 aliphatic heterocycles. The molecule has 0 unspecified atom stereocenters. The molecular weight excluding hydrogens is 623 g/mol. The number of imidazole rings is 1. The van der Waals surface area contributed by atoms with Gasteiger partial charge in [0.25, 0.3) is 0 Å². The van der Waals surface area contributed by atoms with E-state index in [0.29, 0.717) is 26.5 Å². The second kappa shape index (κ2) is 9.46. The molecule has 7 aromatic carbocycles. The lowest BCUT2D eigenvalue weighted by Crippen LogP contribution is -2.15. The van der Waals surface area contributed by atoms with Crippen LogP contribution in [0.15, 0.2) is 131 Å². The Kier molecular flexibility index (Phi) is 5.46. The number of para-hydroxylation sites is 1. The minimum atomic E-state index is -3.79. The SMILES string of the molecule is Cc1nc2cccc3c2n1-c1ccc(-c2c4ccccc4c(-c4ccc5c(c4)C(C)(C)c4cc(N)ccc4-5)c4ccccc24)cc1S3(=O)=O. The van der Waals surface area contributed by atoms with Crippen molar-refractivity contribution in [2.45, 2.75) is 36.0 Å². The Morgan fingerprint density at radius 1 is 0.633 bits per heavy atom. The zero-order valence-electron chi connectivity index (χ0n) is 27.2. The van der Waals surface area contributed by atoms with E-state index in [1.165, 1.54) is 27.8 Å². The highest BCUT2D eigenvalue weighted by Gasteiger charge is 2.36. The summed E-state index contributed by atoms with van der Waals surface area (Å²) in [5.74, 6) is 0.760. The maximum Gasteiger partial charge on any atom is 0.210 e. The first kappa shape index (κ1) is 28.3. The van der Waals surface area contributed by atoms with Gasteiger partial charge in [0.2, 0.25) is 9.84 Å². The number of rotatable bonds is 2. The molecule has 0 amide bonds. The molecular formula is C43H31N3O2S. The number of nitrogens with two attached hydrogens (primary N) is 1. The lowest BCUT2D eigenvalue weighted by Gasteiger charge is -2.24. The van der Waals surface area contributed by atoms with Gasteiger partial charge in [-0.15, -0.1) is 0 Å². The molecule has 0 bridgehead atoms. The number of fused-ring (bicyclic) bond motifs is 7. The standard InChI is InChI=1S/C43H31N3O2S/c1-24-45-36-13-8-14-38-42(36)46(24)37-20-16-26(22-39(37)49(38,47)48)41-32-11-6-4-9-30(32)40(31-10-5-7-12-33(31)41)25-15-18-28-29-19-17-27(44)23-35(29)43(2,3)34(28)21-25/h4-23H,44H2,1-3H3. The summed E-state index contributed by atoms with van der Waals surface area (Å²) in [5, 5.41) is 4.38. The van der Waals surface area contributed by atoms with E-state index >= 15 is 0 Å². The maximum absolute atomic E-state index is 14.2. The van der Waals surface area contributed by atoms with Gasteiger partial charge in [-0.3, -0.25) is 4.57 Å². The largest absolute Gasteiger partial charge is 0.399 e. The van der Waals surface area contributed by atoms with Crippen molar-refractivity contribution in [2.75, 3.05) is 5.73 Å². The molecule has 1 aromatic heterocycles. The van der Waals surface area contributed by atoms with Crippen molar-refractivity contribution in [2.24, 2.45) is 0 Å². The van der Waals surface area contributed by atoms with Crippen LogP contribution >= 0.6 is 0 Å². The second-order valence-electron chi connectivity index (χ2n) is 13.8. The first-order valence-electron chi connectivity index (χ1n) is 16.5. The van der Waals surface area contributed by atoms with Gasteiger partial charge in [-0.25, -0.2) is 13.4 Å². The number of hydrogen-bond acceptors (Lipinski definition) is 4. The Labute approximate surface area is 284 Å². The molecule has 2 heterocycles. The van der Waals surface area contributed by atoms with E-state index in [-0.39, 0.29) is 5.41 Å². The summed E-state index contributed by atoms with van der Waals surface area (Å²) in [4.78, 5) is 5.28. The summed E-state index contributed by atoms with van der Waals surface area (Å²) < 4.78 is 30.5. The molecule has 2 aliphatic rings. The molecule has 0 saturated carbocycles. The zero-order chi connectivity index (χ0) is 33.4. The number of nitrogen functional groups attached to an aromatic ring is 1. The summed E-state index contributed by atoms with van der Waals surface area (Å²) >= 11 is 0. The summed E-state index contributed by atoms with van der Waals surface area (Å²) in [6.07, 6.45) is 0. The lowest BCUT2D eigenvalue weighted by atomic mass is 9.80. The van der Waals surface area contributed by atoms with Gasteiger partial charge in [-0.2, -0.15) is 0 Å². The number of aromatic nitrogens is 2. The highest BCUT2D eigenvalue weighted by molar-refractivity contribution is 7.92. The maximum atomic E-state index is 14.2. The summed E-state index contributed by atoms with van der Waals surface area (Å²) in [6, 6.07) is 41.3. The van der Waals surface area contributed by atoms with Crippen LogP contribution in [-0.4, -0.2) is 18.0 Å². The molecule has 0 atom stereocenters. The Hall–Kier alpha value is -5.72. The first-order valence-corrected chi connectivity index (χ1v) is 18.0. The van der Waals surface area contributed by atoms with Gasteiger partial charge in [0.15, 0.2) is 0 Å². The third kappa shape index (κ3) is 3.64. The fourth-order valence-electron chi connectivity index (χ4n) is 8.57. The van der Waals surface area contributed by atoms with E-state index in [1.54, 1.807) is 12.1 Å². The summed E-state index contributed by atoms with van der Waals surface area (Å²) in [7, 11) is -3.79. The molecule has 0 spiro atoms. The minimum absolute atomic E-state index is 0.200. The Bertz CT molecular complexity index is 2840. The number of sulfone groups is 1.